The molecule has 146 valence electrons. The molecule has 1 heterocycles. The number of nitrogens with zero attached hydrogens (tertiary/aromatic N) is 1. The Labute approximate surface area is 166 Å². The van der Waals surface area contributed by atoms with E-state index in [0.29, 0.717) is 6.61 Å². The average Bonchev–Trinajstić information content (AvgIpc) is 3.10. The molecular weight excluding hydrogens is 348 g/mol. The van der Waals surface area contributed by atoms with Crippen molar-refractivity contribution < 1.29 is 9.53 Å². The Morgan fingerprint density at radius 3 is 2.43 bits per heavy atom. The number of hydrogen-bond donors (Lipinski definition) is 1. The van der Waals surface area contributed by atoms with Crippen LogP contribution < -0.4 is 9.64 Å². The molecule has 0 fully saturated rings. The summed E-state index contributed by atoms with van der Waals surface area (Å²) in [6, 6.07) is 12.1. The number of benzene rings is 2. The van der Waals surface area contributed by atoms with Gasteiger partial charge in [0.1, 0.15) is 0 Å². The van der Waals surface area contributed by atoms with Crippen molar-refractivity contribution >= 4 is 22.4 Å². The predicted molar refractivity (Wildman–Crippen MR) is 115 cm³/mol. The first kappa shape index (κ1) is 18.6. The van der Waals surface area contributed by atoms with Gasteiger partial charge < -0.3 is 14.6 Å². The second-order valence-corrected chi connectivity index (χ2v) is 7.82. The third-order valence-corrected chi connectivity index (χ3v) is 5.99. The number of aromatic amines is 1. The van der Waals surface area contributed by atoms with E-state index in [1.54, 1.807) is 0 Å². The molecule has 3 aromatic rings. The number of rotatable bonds is 5. The highest BCUT2D eigenvalue weighted by molar-refractivity contribution is 6.21. The van der Waals surface area contributed by atoms with Gasteiger partial charge in [0.15, 0.2) is 11.5 Å². The largest absolute Gasteiger partial charge is 0.491 e. The number of ether oxygens (including phenoxy) is 1. The summed E-state index contributed by atoms with van der Waals surface area (Å²) >= 11 is 0. The second-order valence-electron chi connectivity index (χ2n) is 7.82. The standard InChI is InChI=1S/C24H28N2O2/c1-6-26(7-2)18-14-13-17-19(22(18)28-8-3)20-21(27)15-11-9-10-12-16(15)24(4,5)23(20)25-17/h9-14,25H,6-8H2,1-5H3. The molecule has 1 aliphatic carbocycles. The first-order valence-electron chi connectivity index (χ1n) is 10.2. The Balaban J connectivity index is 2.08. The average molecular weight is 377 g/mol. The minimum absolute atomic E-state index is 0.0776. The Hall–Kier alpha value is -2.75. The maximum absolute atomic E-state index is 13.6. The lowest BCUT2D eigenvalue weighted by atomic mass is 9.71. The zero-order valence-corrected chi connectivity index (χ0v) is 17.3. The molecule has 0 atom stereocenters. The van der Waals surface area contributed by atoms with Gasteiger partial charge in [0.2, 0.25) is 0 Å². The number of carbonyl (C=O) groups excluding carboxylic acids is 1. The van der Waals surface area contributed by atoms with Gasteiger partial charge >= 0.3 is 0 Å². The Bertz CT molecular complexity index is 1060. The minimum atomic E-state index is -0.280. The number of anilines is 1. The molecule has 4 rings (SSSR count). The molecule has 0 spiro atoms. The molecule has 4 heteroatoms. The van der Waals surface area contributed by atoms with Crippen molar-refractivity contribution in [3.8, 4) is 5.75 Å². The van der Waals surface area contributed by atoms with Gasteiger partial charge in [-0.25, -0.2) is 0 Å². The Morgan fingerprint density at radius 1 is 1.04 bits per heavy atom. The number of fused-ring (bicyclic) bond motifs is 4. The van der Waals surface area contributed by atoms with Crippen LogP contribution in [0.25, 0.3) is 10.9 Å². The zero-order chi connectivity index (χ0) is 20.1. The smallest absolute Gasteiger partial charge is 0.195 e. The van der Waals surface area contributed by atoms with Gasteiger partial charge in [0, 0.05) is 29.8 Å². The highest BCUT2D eigenvalue weighted by Crippen LogP contribution is 2.47. The molecule has 0 amide bonds. The summed E-state index contributed by atoms with van der Waals surface area (Å²) < 4.78 is 6.15. The van der Waals surface area contributed by atoms with E-state index in [0.717, 1.165) is 57.8 Å². The minimum Gasteiger partial charge on any atom is -0.491 e. The summed E-state index contributed by atoms with van der Waals surface area (Å²) in [5.74, 6) is 0.888. The predicted octanol–water partition coefficient (Wildman–Crippen LogP) is 5.28. The number of H-pyrrole nitrogens is 1. The summed E-state index contributed by atoms with van der Waals surface area (Å²) in [5.41, 5.74) is 5.32. The zero-order valence-electron chi connectivity index (χ0n) is 17.3. The van der Waals surface area contributed by atoms with Crippen molar-refractivity contribution in [3.63, 3.8) is 0 Å². The molecule has 0 bridgehead atoms. The molecule has 4 nitrogen and oxygen atoms in total. The van der Waals surface area contributed by atoms with E-state index < -0.39 is 0 Å². The molecule has 0 unspecified atom stereocenters. The van der Waals surface area contributed by atoms with Crippen LogP contribution in [0.2, 0.25) is 0 Å². The van der Waals surface area contributed by atoms with Gasteiger partial charge in [-0.05, 0) is 38.5 Å². The van der Waals surface area contributed by atoms with Crippen LogP contribution in [0.15, 0.2) is 36.4 Å². The lowest BCUT2D eigenvalue weighted by molar-refractivity contribution is 0.103. The van der Waals surface area contributed by atoms with Crippen LogP contribution in [0.4, 0.5) is 5.69 Å². The molecular formula is C24H28N2O2. The molecule has 2 aromatic carbocycles. The third kappa shape index (κ3) is 2.47. The first-order valence-corrected chi connectivity index (χ1v) is 10.2. The SMILES string of the molecule is CCOc1c(N(CC)CC)ccc2[nH]c3c(c12)C(=O)c1ccccc1C3(C)C. The van der Waals surface area contributed by atoms with Crippen LogP contribution in [-0.2, 0) is 5.41 Å². The van der Waals surface area contributed by atoms with E-state index >= 15 is 0 Å². The van der Waals surface area contributed by atoms with Gasteiger partial charge in [-0.3, -0.25) is 4.79 Å². The summed E-state index contributed by atoms with van der Waals surface area (Å²) in [6.07, 6.45) is 0. The van der Waals surface area contributed by atoms with Crippen molar-refractivity contribution in [2.24, 2.45) is 0 Å². The first-order chi connectivity index (χ1) is 13.5. The van der Waals surface area contributed by atoms with Crippen LogP contribution in [0, 0.1) is 0 Å². The summed E-state index contributed by atoms with van der Waals surface area (Å²) in [7, 11) is 0. The lowest BCUT2D eigenvalue weighted by Crippen LogP contribution is -2.30. The van der Waals surface area contributed by atoms with Crippen molar-refractivity contribution in [2.45, 2.75) is 40.0 Å². The van der Waals surface area contributed by atoms with E-state index in [4.69, 9.17) is 4.74 Å². The maximum Gasteiger partial charge on any atom is 0.195 e. The highest BCUT2D eigenvalue weighted by atomic mass is 16.5. The fourth-order valence-corrected chi connectivity index (χ4v) is 4.54. The van der Waals surface area contributed by atoms with E-state index in [1.807, 2.05) is 25.1 Å². The van der Waals surface area contributed by atoms with Gasteiger partial charge in [0.05, 0.1) is 28.8 Å². The molecule has 1 N–H and O–H groups in total. The number of ketones is 1. The summed E-state index contributed by atoms with van der Waals surface area (Å²) in [5, 5.41) is 0.911. The van der Waals surface area contributed by atoms with Crippen LogP contribution in [0.5, 0.6) is 5.75 Å². The summed E-state index contributed by atoms with van der Waals surface area (Å²) in [4.78, 5) is 19.4. The Morgan fingerprint density at radius 2 is 1.75 bits per heavy atom. The Kier molecular flexibility index (Phi) is 4.45. The van der Waals surface area contributed by atoms with Crippen LogP contribution in [-0.4, -0.2) is 30.5 Å². The van der Waals surface area contributed by atoms with Gasteiger partial charge in [-0.1, -0.05) is 38.1 Å². The van der Waals surface area contributed by atoms with Crippen LogP contribution >= 0.6 is 0 Å². The fourth-order valence-electron chi connectivity index (χ4n) is 4.54. The third-order valence-electron chi connectivity index (χ3n) is 5.99. The van der Waals surface area contributed by atoms with E-state index in [2.05, 4.69) is 55.8 Å². The molecule has 0 saturated carbocycles. The fraction of sp³-hybridized carbons (Fsp3) is 0.375. The monoisotopic (exact) mass is 376 g/mol. The molecule has 28 heavy (non-hydrogen) atoms. The van der Waals surface area contributed by atoms with Crippen molar-refractivity contribution in [1.29, 1.82) is 0 Å². The number of nitrogens with one attached hydrogen (secondary N) is 1. The highest BCUT2D eigenvalue weighted by Gasteiger charge is 2.40. The lowest BCUT2D eigenvalue weighted by Gasteiger charge is -2.32. The maximum atomic E-state index is 13.6. The molecule has 0 saturated heterocycles. The molecule has 0 radical (unpaired) electrons. The molecule has 1 aliphatic rings. The molecule has 0 aliphatic heterocycles. The van der Waals surface area contributed by atoms with Crippen LogP contribution in [0.1, 0.15) is 61.8 Å². The van der Waals surface area contributed by atoms with Crippen LogP contribution in [0.3, 0.4) is 0 Å². The summed E-state index contributed by atoms with van der Waals surface area (Å²) in [6.45, 7) is 13.0. The normalized spacial score (nSPS) is 14.7. The van der Waals surface area contributed by atoms with E-state index in [-0.39, 0.29) is 11.2 Å². The quantitative estimate of drug-likeness (QED) is 0.659. The van der Waals surface area contributed by atoms with Crippen molar-refractivity contribution in [1.82, 2.24) is 4.98 Å². The van der Waals surface area contributed by atoms with Gasteiger partial charge in [-0.15, -0.1) is 0 Å². The van der Waals surface area contributed by atoms with Gasteiger partial charge in [-0.2, -0.15) is 0 Å². The van der Waals surface area contributed by atoms with Crippen molar-refractivity contribution in [3.05, 3.63) is 58.8 Å². The van der Waals surface area contributed by atoms with Gasteiger partial charge in [0.25, 0.3) is 0 Å². The topological polar surface area (TPSA) is 45.3 Å². The second kappa shape index (κ2) is 6.69. The number of carbonyl (C=O) groups is 1. The van der Waals surface area contributed by atoms with E-state index in [9.17, 15) is 4.79 Å². The number of aromatic nitrogens is 1. The van der Waals surface area contributed by atoms with E-state index in [1.165, 1.54) is 0 Å². The number of hydrogen-bond acceptors (Lipinski definition) is 3. The van der Waals surface area contributed by atoms with Crippen molar-refractivity contribution in [2.75, 3.05) is 24.6 Å². The molecule has 1 aromatic heterocycles.